The van der Waals surface area contributed by atoms with Crippen molar-refractivity contribution in [2.24, 2.45) is 0 Å². The molecule has 152 valence electrons. The number of ketones is 2. The highest BCUT2D eigenvalue weighted by Gasteiger charge is 2.26. The first-order valence-electron chi connectivity index (χ1n) is 9.59. The van der Waals surface area contributed by atoms with E-state index in [2.05, 4.69) is 27.1 Å². The lowest BCUT2D eigenvalue weighted by molar-refractivity contribution is 0.0988. The third kappa shape index (κ3) is 4.17. The zero-order valence-electron chi connectivity index (χ0n) is 17.3. The summed E-state index contributed by atoms with van der Waals surface area (Å²) in [7, 11) is 0. The van der Waals surface area contributed by atoms with Gasteiger partial charge < -0.3 is 9.55 Å². The summed E-state index contributed by atoms with van der Waals surface area (Å²) in [6, 6.07) is 3.79. The van der Waals surface area contributed by atoms with Crippen LogP contribution in [0.4, 0.5) is 0 Å². The lowest BCUT2D eigenvalue weighted by atomic mass is 10.0. The molecule has 0 aliphatic rings. The van der Waals surface area contributed by atoms with E-state index in [0.29, 0.717) is 22.0 Å². The molecule has 1 atom stereocenters. The minimum absolute atomic E-state index is 0.0414. The standard InChI is InChI=1S/C21H25N5O2S/c1-6-11-26-20(16-7-9-22-10-8-16)24-25-21(26)29-15(5)19(28)18-12(2)17(14(4)27)13(3)23-18/h7-10,15,23H,6,11H2,1-5H3/t15-/m1/s1. The Morgan fingerprint density at radius 1 is 1.21 bits per heavy atom. The Kier molecular flexibility index (Phi) is 6.32. The summed E-state index contributed by atoms with van der Waals surface area (Å²) in [6.07, 6.45) is 4.37. The Morgan fingerprint density at radius 2 is 1.90 bits per heavy atom. The van der Waals surface area contributed by atoms with E-state index < -0.39 is 0 Å². The number of aromatic amines is 1. The molecule has 0 amide bonds. The van der Waals surface area contributed by atoms with Crippen LogP contribution in [0.1, 0.15) is 59.3 Å². The van der Waals surface area contributed by atoms with E-state index in [9.17, 15) is 9.59 Å². The first kappa shape index (κ1) is 21.0. The number of rotatable bonds is 8. The summed E-state index contributed by atoms with van der Waals surface area (Å²) in [5.41, 5.74) is 3.46. The molecule has 8 heteroatoms. The molecule has 0 aromatic carbocycles. The highest BCUT2D eigenvalue weighted by atomic mass is 32.2. The van der Waals surface area contributed by atoms with Gasteiger partial charge in [-0.1, -0.05) is 18.7 Å². The second-order valence-electron chi connectivity index (χ2n) is 7.00. The monoisotopic (exact) mass is 411 g/mol. The number of nitrogens with zero attached hydrogens (tertiary/aromatic N) is 4. The number of H-pyrrole nitrogens is 1. The zero-order valence-corrected chi connectivity index (χ0v) is 18.1. The number of thioether (sulfide) groups is 1. The van der Waals surface area contributed by atoms with Gasteiger partial charge in [0.1, 0.15) is 0 Å². The van der Waals surface area contributed by atoms with E-state index in [4.69, 9.17) is 0 Å². The van der Waals surface area contributed by atoms with Gasteiger partial charge in [0.25, 0.3) is 0 Å². The Morgan fingerprint density at radius 3 is 2.48 bits per heavy atom. The van der Waals surface area contributed by atoms with Crippen LogP contribution in [0.15, 0.2) is 29.7 Å². The number of aryl methyl sites for hydroxylation is 1. The molecule has 3 rings (SSSR count). The highest BCUT2D eigenvalue weighted by molar-refractivity contribution is 8.00. The fourth-order valence-corrected chi connectivity index (χ4v) is 4.39. The molecule has 29 heavy (non-hydrogen) atoms. The molecule has 3 heterocycles. The van der Waals surface area contributed by atoms with Gasteiger partial charge in [0.2, 0.25) is 0 Å². The van der Waals surface area contributed by atoms with E-state index in [1.165, 1.54) is 18.7 Å². The Bertz CT molecular complexity index is 1040. The molecule has 0 saturated heterocycles. The summed E-state index contributed by atoms with van der Waals surface area (Å²) >= 11 is 1.38. The first-order valence-corrected chi connectivity index (χ1v) is 10.5. The molecule has 0 spiro atoms. The zero-order chi connectivity index (χ0) is 21.1. The molecule has 1 N–H and O–H groups in total. The topological polar surface area (TPSA) is 93.5 Å². The Balaban J connectivity index is 1.88. The van der Waals surface area contributed by atoms with Crippen LogP contribution in [-0.2, 0) is 6.54 Å². The highest BCUT2D eigenvalue weighted by Crippen LogP contribution is 2.30. The number of carbonyl (C=O) groups excluding carboxylic acids is 2. The SMILES string of the molecule is CCCn1c(S[C@H](C)C(=O)c2[nH]c(C)c(C(C)=O)c2C)nnc1-c1ccncc1. The van der Waals surface area contributed by atoms with E-state index in [1.54, 1.807) is 12.4 Å². The molecule has 0 saturated carbocycles. The van der Waals surface area contributed by atoms with Gasteiger partial charge in [0.05, 0.1) is 10.9 Å². The number of nitrogens with one attached hydrogen (secondary N) is 1. The molecule has 7 nitrogen and oxygen atoms in total. The first-order chi connectivity index (χ1) is 13.8. The van der Waals surface area contributed by atoms with Gasteiger partial charge in [-0.25, -0.2) is 0 Å². The molecular formula is C21H25N5O2S. The maximum atomic E-state index is 13.1. The maximum absolute atomic E-state index is 13.1. The van der Waals surface area contributed by atoms with Crippen molar-refractivity contribution in [3.05, 3.63) is 47.0 Å². The fourth-order valence-electron chi connectivity index (χ4n) is 3.45. The predicted octanol–water partition coefficient (Wildman–Crippen LogP) is 4.26. The van der Waals surface area contributed by atoms with Crippen molar-refractivity contribution in [3.8, 4) is 11.4 Å². The second-order valence-corrected chi connectivity index (χ2v) is 8.31. The normalized spacial score (nSPS) is 12.2. The molecule has 0 aliphatic heterocycles. The van der Waals surface area contributed by atoms with Crippen LogP contribution in [0.5, 0.6) is 0 Å². The van der Waals surface area contributed by atoms with Gasteiger partial charge in [-0.05, 0) is 51.8 Å². The summed E-state index contributed by atoms with van der Waals surface area (Å²) in [6.45, 7) is 9.84. The molecule has 3 aromatic rings. The second kappa shape index (κ2) is 8.73. The Hall–Kier alpha value is -2.74. The number of hydrogen-bond donors (Lipinski definition) is 1. The maximum Gasteiger partial charge on any atom is 0.192 e. The van der Waals surface area contributed by atoms with E-state index in [1.807, 2.05) is 37.5 Å². The summed E-state index contributed by atoms with van der Waals surface area (Å²) in [5, 5.41) is 9.01. The van der Waals surface area contributed by atoms with Gasteiger partial charge >= 0.3 is 0 Å². The van der Waals surface area contributed by atoms with Crippen molar-refractivity contribution in [3.63, 3.8) is 0 Å². The number of pyridine rings is 1. The van der Waals surface area contributed by atoms with Crippen LogP contribution < -0.4 is 0 Å². The molecule has 0 fully saturated rings. The van der Waals surface area contributed by atoms with Crippen molar-refractivity contribution in [1.82, 2.24) is 24.7 Å². The lowest BCUT2D eigenvalue weighted by Gasteiger charge is -2.12. The average molecular weight is 412 g/mol. The minimum Gasteiger partial charge on any atom is -0.355 e. The van der Waals surface area contributed by atoms with Crippen LogP contribution in [-0.4, -0.2) is 41.5 Å². The summed E-state index contributed by atoms with van der Waals surface area (Å²) in [5.74, 6) is 0.669. The third-order valence-electron chi connectivity index (χ3n) is 4.79. The van der Waals surface area contributed by atoms with Crippen LogP contribution in [0.3, 0.4) is 0 Å². The molecule has 0 unspecified atom stereocenters. The Labute approximate surface area is 174 Å². The van der Waals surface area contributed by atoms with E-state index >= 15 is 0 Å². The van der Waals surface area contributed by atoms with Gasteiger partial charge in [0.15, 0.2) is 22.5 Å². The third-order valence-corrected chi connectivity index (χ3v) is 5.87. The number of hydrogen-bond acceptors (Lipinski definition) is 6. The van der Waals surface area contributed by atoms with Crippen molar-refractivity contribution >= 4 is 23.3 Å². The van der Waals surface area contributed by atoms with Crippen molar-refractivity contribution in [2.75, 3.05) is 0 Å². The van der Waals surface area contributed by atoms with Crippen molar-refractivity contribution in [2.45, 2.75) is 58.0 Å². The number of carbonyl (C=O) groups is 2. The molecule has 0 aliphatic carbocycles. The van der Waals surface area contributed by atoms with Crippen molar-refractivity contribution in [1.29, 1.82) is 0 Å². The predicted molar refractivity (Wildman–Crippen MR) is 113 cm³/mol. The molecule has 0 bridgehead atoms. The van der Waals surface area contributed by atoms with Gasteiger partial charge in [-0.3, -0.25) is 14.6 Å². The number of Topliss-reactive ketones (excluding diaryl/α,β-unsaturated/α-hetero) is 2. The van der Waals surface area contributed by atoms with Gasteiger partial charge in [0, 0.05) is 35.8 Å². The number of aromatic nitrogens is 5. The van der Waals surface area contributed by atoms with Gasteiger partial charge in [-0.15, -0.1) is 10.2 Å². The van der Waals surface area contributed by atoms with Crippen LogP contribution >= 0.6 is 11.8 Å². The van der Waals surface area contributed by atoms with Crippen LogP contribution in [0.2, 0.25) is 0 Å². The van der Waals surface area contributed by atoms with Gasteiger partial charge in [-0.2, -0.15) is 0 Å². The fraction of sp³-hybridized carbons (Fsp3) is 0.381. The van der Waals surface area contributed by atoms with Crippen LogP contribution in [0.25, 0.3) is 11.4 Å². The molecule has 3 aromatic heterocycles. The molecular weight excluding hydrogens is 386 g/mol. The quantitative estimate of drug-likeness (QED) is 0.440. The summed E-state index contributed by atoms with van der Waals surface area (Å²) in [4.78, 5) is 32.1. The van der Waals surface area contributed by atoms with E-state index in [-0.39, 0.29) is 16.8 Å². The minimum atomic E-state index is -0.378. The summed E-state index contributed by atoms with van der Waals surface area (Å²) < 4.78 is 2.04. The van der Waals surface area contributed by atoms with E-state index in [0.717, 1.165) is 30.0 Å². The van der Waals surface area contributed by atoms with Crippen molar-refractivity contribution < 1.29 is 9.59 Å². The largest absolute Gasteiger partial charge is 0.355 e. The average Bonchev–Trinajstić information content (AvgIpc) is 3.22. The molecule has 0 radical (unpaired) electrons. The lowest BCUT2D eigenvalue weighted by Crippen LogP contribution is -2.16. The van der Waals surface area contributed by atoms with Crippen LogP contribution in [0, 0.1) is 13.8 Å². The smallest absolute Gasteiger partial charge is 0.192 e.